The Kier molecular flexibility index (Phi) is 2.11. The largest absolute Gasteiger partial charge is 0.341 e. The van der Waals surface area contributed by atoms with E-state index in [0.29, 0.717) is 0 Å². The van der Waals surface area contributed by atoms with Crippen LogP contribution >= 0.6 is 15.9 Å². The van der Waals surface area contributed by atoms with Crippen LogP contribution in [0.3, 0.4) is 0 Å². The SMILES string of the molecule is Cc1cccc2c(Br)c3n(c12)CCNC3. The third-order valence-electron chi connectivity index (χ3n) is 3.13. The van der Waals surface area contributed by atoms with Crippen molar-refractivity contribution >= 4 is 26.8 Å². The molecule has 3 heteroatoms. The van der Waals surface area contributed by atoms with E-state index in [0.717, 1.165) is 19.6 Å². The van der Waals surface area contributed by atoms with Crippen molar-refractivity contribution in [3.8, 4) is 0 Å². The van der Waals surface area contributed by atoms with E-state index in [9.17, 15) is 0 Å². The fourth-order valence-electron chi connectivity index (χ4n) is 2.42. The molecule has 0 radical (unpaired) electrons. The maximum absolute atomic E-state index is 3.71. The van der Waals surface area contributed by atoms with Gasteiger partial charge in [0.1, 0.15) is 0 Å². The number of nitrogens with zero attached hydrogens (tertiary/aromatic N) is 1. The molecule has 15 heavy (non-hydrogen) atoms. The molecule has 1 N–H and O–H groups in total. The Balaban J connectivity index is 2.44. The molecule has 0 saturated carbocycles. The molecule has 0 fully saturated rings. The van der Waals surface area contributed by atoms with Gasteiger partial charge in [0.2, 0.25) is 0 Å². The number of aryl methyl sites for hydroxylation is 1. The number of hydrogen-bond donors (Lipinski definition) is 1. The molecule has 1 aliphatic heterocycles. The Bertz CT molecular complexity index is 528. The molecule has 2 aromatic rings. The maximum atomic E-state index is 3.71. The van der Waals surface area contributed by atoms with E-state index in [1.165, 1.54) is 26.6 Å². The normalized spacial score (nSPS) is 15.6. The molecule has 0 aliphatic carbocycles. The number of hydrogen-bond acceptors (Lipinski definition) is 1. The second-order valence-electron chi connectivity index (χ2n) is 4.06. The van der Waals surface area contributed by atoms with Gasteiger partial charge < -0.3 is 9.88 Å². The molecule has 0 unspecified atom stereocenters. The van der Waals surface area contributed by atoms with Crippen LogP contribution in [-0.4, -0.2) is 11.1 Å². The van der Waals surface area contributed by atoms with Gasteiger partial charge in [-0.25, -0.2) is 0 Å². The number of para-hydroxylation sites is 1. The van der Waals surface area contributed by atoms with E-state index in [-0.39, 0.29) is 0 Å². The van der Waals surface area contributed by atoms with E-state index in [1.807, 2.05) is 0 Å². The van der Waals surface area contributed by atoms with Crippen LogP contribution in [0.4, 0.5) is 0 Å². The molecule has 1 aromatic carbocycles. The average molecular weight is 265 g/mol. The fourth-order valence-corrected chi connectivity index (χ4v) is 3.09. The van der Waals surface area contributed by atoms with E-state index < -0.39 is 0 Å². The molecule has 0 bridgehead atoms. The Hall–Kier alpha value is -0.800. The van der Waals surface area contributed by atoms with Crippen molar-refractivity contribution in [2.45, 2.75) is 20.0 Å². The summed E-state index contributed by atoms with van der Waals surface area (Å²) in [5.74, 6) is 0. The minimum atomic E-state index is 0.967. The van der Waals surface area contributed by atoms with E-state index in [1.54, 1.807) is 0 Å². The Labute approximate surface area is 97.4 Å². The molecule has 1 aliphatic rings. The third kappa shape index (κ3) is 1.26. The zero-order valence-electron chi connectivity index (χ0n) is 8.68. The molecule has 0 amide bonds. The summed E-state index contributed by atoms with van der Waals surface area (Å²) in [7, 11) is 0. The molecule has 0 saturated heterocycles. The van der Waals surface area contributed by atoms with Crippen molar-refractivity contribution < 1.29 is 0 Å². The van der Waals surface area contributed by atoms with Gasteiger partial charge in [-0.1, -0.05) is 18.2 Å². The predicted molar refractivity (Wildman–Crippen MR) is 66.1 cm³/mol. The molecule has 2 nitrogen and oxygen atoms in total. The topological polar surface area (TPSA) is 17.0 Å². The van der Waals surface area contributed by atoms with Gasteiger partial charge in [0.15, 0.2) is 0 Å². The van der Waals surface area contributed by atoms with Gasteiger partial charge in [0, 0.05) is 35.2 Å². The molecule has 78 valence electrons. The first kappa shape index (κ1) is 9.43. The van der Waals surface area contributed by atoms with Crippen molar-refractivity contribution in [1.82, 2.24) is 9.88 Å². The van der Waals surface area contributed by atoms with Crippen molar-refractivity contribution in [2.75, 3.05) is 6.54 Å². The van der Waals surface area contributed by atoms with Crippen LogP contribution in [0.1, 0.15) is 11.3 Å². The predicted octanol–water partition coefficient (Wildman–Crippen LogP) is 2.82. The Morgan fingerprint density at radius 3 is 3.13 bits per heavy atom. The van der Waals surface area contributed by atoms with Crippen LogP contribution in [0.15, 0.2) is 22.7 Å². The van der Waals surface area contributed by atoms with Gasteiger partial charge in [-0.05, 0) is 28.4 Å². The first-order valence-electron chi connectivity index (χ1n) is 5.26. The average Bonchev–Trinajstić information content (AvgIpc) is 2.55. The molecule has 0 spiro atoms. The lowest BCUT2D eigenvalue weighted by molar-refractivity contribution is 0.524. The number of aromatic nitrogens is 1. The fraction of sp³-hybridized carbons (Fsp3) is 0.333. The van der Waals surface area contributed by atoms with Gasteiger partial charge in [-0.2, -0.15) is 0 Å². The van der Waals surface area contributed by atoms with Gasteiger partial charge in [0.05, 0.1) is 5.52 Å². The third-order valence-corrected chi connectivity index (χ3v) is 4.01. The lowest BCUT2D eigenvalue weighted by Gasteiger charge is -2.18. The smallest absolute Gasteiger partial charge is 0.0524 e. The van der Waals surface area contributed by atoms with Gasteiger partial charge >= 0.3 is 0 Å². The van der Waals surface area contributed by atoms with Gasteiger partial charge in [-0.3, -0.25) is 0 Å². The molecule has 0 atom stereocenters. The van der Waals surface area contributed by atoms with Crippen molar-refractivity contribution in [3.05, 3.63) is 33.9 Å². The second-order valence-corrected chi connectivity index (χ2v) is 4.85. The van der Waals surface area contributed by atoms with Crippen LogP contribution in [0, 0.1) is 6.92 Å². The molecule has 3 rings (SSSR count). The standard InChI is InChI=1S/C12H13BrN2/c1-8-3-2-4-9-11(13)10-7-14-5-6-15(10)12(8)9/h2-4,14H,5-7H2,1H3. The van der Waals surface area contributed by atoms with Crippen LogP contribution < -0.4 is 5.32 Å². The zero-order valence-corrected chi connectivity index (χ0v) is 10.3. The highest BCUT2D eigenvalue weighted by Crippen LogP contribution is 2.33. The summed E-state index contributed by atoms with van der Waals surface area (Å²) >= 11 is 3.71. The summed E-state index contributed by atoms with van der Waals surface area (Å²) in [6.45, 7) is 5.29. The van der Waals surface area contributed by atoms with E-state index >= 15 is 0 Å². The summed E-state index contributed by atoms with van der Waals surface area (Å²) in [4.78, 5) is 0. The Morgan fingerprint density at radius 1 is 1.40 bits per heavy atom. The number of rotatable bonds is 0. The lowest BCUT2D eigenvalue weighted by atomic mass is 10.2. The van der Waals surface area contributed by atoms with Crippen LogP contribution in [0.5, 0.6) is 0 Å². The maximum Gasteiger partial charge on any atom is 0.0524 e. The monoisotopic (exact) mass is 264 g/mol. The molecule has 2 heterocycles. The highest BCUT2D eigenvalue weighted by molar-refractivity contribution is 9.10. The first-order valence-corrected chi connectivity index (χ1v) is 6.05. The number of benzene rings is 1. The molecule has 1 aromatic heterocycles. The van der Waals surface area contributed by atoms with E-state index in [4.69, 9.17) is 0 Å². The summed E-state index contributed by atoms with van der Waals surface area (Å²) in [5.41, 5.74) is 4.13. The van der Waals surface area contributed by atoms with Crippen molar-refractivity contribution in [3.63, 3.8) is 0 Å². The summed E-state index contributed by atoms with van der Waals surface area (Å²) < 4.78 is 3.69. The second kappa shape index (κ2) is 3.35. The lowest BCUT2D eigenvalue weighted by Crippen LogP contribution is -2.27. The van der Waals surface area contributed by atoms with Gasteiger partial charge in [0.25, 0.3) is 0 Å². The summed E-state index contributed by atoms with van der Waals surface area (Å²) in [5, 5.41) is 4.75. The minimum Gasteiger partial charge on any atom is -0.341 e. The molecular formula is C12H13BrN2. The van der Waals surface area contributed by atoms with Crippen molar-refractivity contribution in [1.29, 1.82) is 0 Å². The van der Waals surface area contributed by atoms with Crippen molar-refractivity contribution in [2.24, 2.45) is 0 Å². The van der Waals surface area contributed by atoms with Crippen LogP contribution in [0.2, 0.25) is 0 Å². The summed E-state index contributed by atoms with van der Waals surface area (Å²) in [6.07, 6.45) is 0. The Morgan fingerprint density at radius 2 is 2.27 bits per heavy atom. The van der Waals surface area contributed by atoms with Crippen LogP contribution in [0.25, 0.3) is 10.9 Å². The minimum absolute atomic E-state index is 0.967. The zero-order chi connectivity index (χ0) is 10.4. The number of nitrogens with one attached hydrogen (secondary N) is 1. The van der Waals surface area contributed by atoms with Crippen LogP contribution in [-0.2, 0) is 13.1 Å². The highest BCUT2D eigenvalue weighted by atomic mass is 79.9. The number of halogens is 1. The quantitative estimate of drug-likeness (QED) is 0.775. The van der Waals surface area contributed by atoms with Gasteiger partial charge in [-0.15, -0.1) is 0 Å². The highest BCUT2D eigenvalue weighted by Gasteiger charge is 2.18. The summed E-state index contributed by atoms with van der Waals surface area (Å²) in [6, 6.07) is 6.50. The van der Waals surface area contributed by atoms with E-state index in [2.05, 4.69) is 50.9 Å². The number of fused-ring (bicyclic) bond motifs is 3. The first-order chi connectivity index (χ1) is 7.29. The molecular weight excluding hydrogens is 252 g/mol.